The predicted molar refractivity (Wildman–Crippen MR) is 123 cm³/mol. The molecular weight excluding hydrogens is 542 g/mol. The Bertz CT molecular complexity index is 941. The van der Waals surface area contributed by atoms with Gasteiger partial charge in [0, 0.05) is 7.11 Å². The summed E-state index contributed by atoms with van der Waals surface area (Å²) in [4.78, 5) is 0. The first kappa shape index (κ1) is 33.5. The van der Waals surface area contributed by atoms with E-state index in [1.807, 2.05) is 0 Å². The van der Waals surface area contributed by atoms with E-state index >= 15 is 0 Å². The second-order valence-corrected chi connectivity index (χ2v) is 15.3. The quantitative estimate of drug-likeness (QED) is 0.298. The second kappa shape index (κ2) is 15.6. The molecule has 19 heteroatoms. The molecule has 0 bridgehead atoms. The molecule has 0 aliphatic carbocycles. The molecule has 3 aliphatic heterocycles. The summed E-state index contributed by atoms with van der Waals surface area (Å²) in [6.07, 6.45) is 2.85. The lowest BCUT2D eigenvalue weighted by Crippen LogP contribution is -2.51. The van der Waals surface area contributed by atoms with Gasteiger partial charge in [0.2, 0.25) is 30.1 Å². The first-order valence-electron chi connectivity index (χ1n) is 10.1. The van der Waals surface area contributed by atoms with Crippen LogP contribution in [0, 0.1) is 0 Å². The van der Waals surface area contributed by atoms with Gasteiger partial charge in [-0.2, -0.15) is 8.61 Å². The van der Waals surface area contributed by atoms with Gasteiger partial charge in [-0.3, -0.25) is 0 Å². The van der Waals surface area contributed by atoms with Gasteiger partial charge in [0.25, 0.3) is 0 Å². The third-order valence-corrected chi connectivity index (χ3v) is 10.3. The highest BCUT2D eigenvalue weighted by Crippen LogP contribution is 2.14. The van der Waals surface area contributed by atoms with Gasteiger partial charge in [-0.15, -0.1) is 0 Å². The smallest absolute Gasteiger partial charge is 0.219 e. The number of nitrogens with zero attached hydrogens (tertiary/aromatic N) is 2. The summed E-state index contributed by atoms with van der Waals surface area (Å²) in [6, 6.07) is 0. The second-order valence-electron chi connectivity index (χ2n) is 7.05. The molecular formula is C15H35N3O12S4. The average Bonchev–Trinajstić information content (AvgIpc) is 2.72. The molecule has 3 saturated heterocycles. The molecule has 0 radical (unpaired) electrons. The summed E-state index contributed by atoms with van der Waals surface area (Å²) in [5.41, 5.74) is 0. The van der Waals surface area contributed by atoms with Crippen molar-refractivity contribution in [2.75, 3.05) is 75.8 Å². The molecule has 0 aromatic rings. The van der Waals surface area contributed by atoms with Crippen molar-refractivity contribution in [2.24, 2.45) is 5.14 Å². The van der Waals surface area contributed by atoms with Gasteiger partial charge < -0.3 is 19.7 Å². The maximum absolute atomic E-state index is 11.7. The maximum Gasteiger partial charge on any atom is 0.219 e. The predicted octanol–water partition coefficient (Wildman–Crippen LogP) is -3.36. The van der Waals surface area contributed by atoms with Gasteiger partial charge in [-0.1, -0.05) is 6.42 Å². The number of sulfonamides is 3. The maximum atomic E-state index is 11.7. The van der Waals surface area contributed by atoms with E-state index in [-0.39, 0.29) is 50.6 Å². The lowest BCUT2D eigenvalue weighted by Gasteiger charge is -2.33. The number of hydrogen-bond donors (Lipinski definition) is 3. The first-order valence-corrected chi connectivity index (χ1v) is 16.8. The van der Waals surface area contributed by atoms with Crippen LogP contribution in [0.4, 0.5) is 0 Å². The van der Waals surface area contributed by atoms with Crippen LogP contribution >= 0.6 is 0 Å². The van der Waals surface area contributed by atoms with Crippen LogP contribution in [0.1, 0.15) is 19.3 Å². The van der Waals surface area contributed by atoms with E-state index < -0.39 is 46.5 Å². The van der Waals surface area contributed by atoms with Crippen LogP contribution in [0.2, 0.25) is 0 Å². The van der Waals surface area contributed by atoms with E-state index in [9.17, 15) is 33.7 Å². The monoisotopic (exact) mass is 577 g/mol. The van der Waals surface area contributed by atoms with Crippen LogP contribution in [0.3, 0.4) is 0 Å². The van der Waals surface area contributed by atoms with E-state index in [0.717, 1.165) is 35.0 Å². The highest BCUT2D eigenvalue weighted by Gasteiger charge is 2.34. The van der Waals surface area contributed by atoms with Crippen molar-refractivity contribution in [1.29, 1.82) is 0 Å². The minimum atomic E-state index is -3.43. The van der Waals surface area contributed by atoms with Crippen molar-refractivity contribution in [3.05, 3.63) is 0 Å². The zero-order valence-electron chi connectivity index (χ0n) is 19.0. The van der Waals surface area contributed by atoms with Crippen LogP contribution < -0.4 is 5.14 Å². The minimum Gasteiger partial charge on any atom is -0.400 e. The van der Waals surface area contributed by atoms with Crippen molar-refractivity contribution in [2.45, 2.75) is 19.3 Å². The van der Waals surface area contributed by atoms with Crippen LogP contribution in [0.25, 0.3) is 0 Å². The summed E-state index contributed by atoms with van der Waals surface area (Å²) < 4.78 is 99.6. The number of aliphatic hydroxyl groups is 2. The number of rotatable bonds is 4. The summed E-state index contributed by atoms with van der Waals surface area (Å²) in [5, 5.41) is 19.4. The number of ether oxygens (including phenoxy) is 2. The third-order valence-electron chi connectivity index (χ3n) is 4.33. The van der Waals surface area contributed by atoms with Crippen LogP contribution in [0.15, 0.2) is 0 Å². The van der Waals surface area contributed by atoms with Gasteiger partial charge in [-0.25, -0.2) is 38.8 Å². The topological polar surface area (TPSA) is 228 Å². The van der Waals surface area contributed by atoms with Crippen molar-refractivity contribution >= 4 is 39.9 Å². The molecule has 0 atom stereocenters. The minimum absolute atomic E-state index is 0.117. The Morgan fingerprint density at radius 2 is 1.21 bits per heavy atom. The van der Waals surface area contributed by atoms with Gasteiger partial charge in [0.05, 0.1) is 55.3 Å². The largest absolute Gasteiger partial charge is 0.400 e. The SMILES string of the molecule is CO.NS(=O)(=O)CCO.O=S1(=O)CCCCC1.O=S1(=O)CCOCN1CN1COCCS1(=O)=O. The average molecular weight is 578 g/mol. The number of aliphatic hydroxyl groups excluding tert-OH is 2. The highest BCUT2D eigenvalue weighted by atomic mass is 32.2. The summed E-state index contributed by atoms with van der Waals surface area (Å²) in [6.45, 7) is -0.601. The summed E-state index contributed by atoms with van der Waals surface area (Å²) >= 11 is 0. The molecule has 3 aliphatic rings. The number of sulfone groups is 1. The van der Waals surface area contributed by atoms with Gasteiger partial charge >= 0.3 is 0 Å². The Morgan fingerprint density at radius 1 is 0.794 bits per heavy atom. The molecule has 0 aromatic heterocycles. The van der Waals surface area contributed by atoms with Gasteiger partial charge in [0.15, 0.2) is 0 Å². The van der Waals surface area contributed by atoms with E-state index in [2.05, 4.69) is 5.14 Å². The van der Waals surface area contributed by atoms with Crippen molar-refractivity contribution in [3.63, 3.8) is 0 Å². The molecule has 0 saturated carbocycles. The molecule has 0 amide bonds. The van der Waals surface area contributed by atoms with Crippen molar-refractivity contribution < 1.29 is 53.4 Å². The normalized spacial score (nSPS) is 24.1. The fourth-order valence-corrected chi connectivity index (χ4v) is 6.66. The van der Waals surface area contributed by atoms with Crippen LogP contribution in [-0.2, 0) is 49.4 Å². The lowest BCUT2D eigenvalue weighted by atomic mass is 10.3. The Kier molecular flexibility index (Phi) is 15.4. The molecule has 34 heavy (non-hydrogen) atoms. The molecule has 3 heterocycles. The Hall–Kier alpha value is -0.480. The van der Waals surface area contributed by atoms with E-state index in [1.54, 1.807) is 0 Å². The zero-order valence-corrected chi connectivity index (χ0v) is 22.2. The summed E-state index contributed by atoms with van der Waals surface area (Å²) in [7, 11) is -11.9. The van der Waals surface area contributed by atoms with Gasteiger partial charge in [-0.05, 0) is 12.8 Å². The molecule has 15 nitrogen and oxygen atoms in total. The fraction of sp³-hybridized carbons (Fsp3) is 1.00. The Labute approximate surface area is 201 Å². The van der Waals surface area contributed by atoms with Crippen molar-refractivity contribution in [3.8, 4) is 0 Å². The number of primary sulfonamides is 1. The fourth-order valence-electron chi connectivity index (χ4n) is 2.56. The molecule has 3 rings (SSSR count). The highest BCUT2D eigenvalue weighted by molar-refractivity contribution is 7.91. The molecule has 0 spiro atoms. The lowest BCUT2D eigenvalue weighted by molar-refractivity contribution is 0.0159. The standard InChI is InChI=1S/C7H14N2O6S2.C5H10O2S.C2H7NO3S.CH4O/c10-16(11)3-1-14-6-8(16)5-9-7-15-2-4-17(9,12)13;6-8(7)4-2-1-3-5-8;3-7(5,6)2-1-4;1-2/h1-7H2;1-5H2;4H,1-2H2,(H2,3,5,6);2H,1H3. The number of hydrogen-bond acceptors (Lipinski definition) is 12. The van der Waals surface area contributed by atoms with Crippen LogP contribution in [-0.4, -0.2) is 128 Å². The Morgan fingerprint density at radius 3 is 1.44 bits per heavy atom. The van der Waals surface area contributed by atoms with Crippen LogP contribution in [0.5, 0.6) is 0 Å². The summed E-state index contributed by atoms with van der Waals surface area (Å²) in [5.74, 6) is 0.247. The van der Waals surface area contributed by atoms with E-state index in [1.165, 1.54) is 0 Å². The molecule has 0 unspecified atom stereocenters. The molecule has 0 aromatic carbocycles. The third kappa shape index (κ3) is 14.2. The van der Waals surface area contributed by atoms with Gasteiger partial charge in [0.1, 0.15) is 23.3 Å². The molecule has 3 fully saturated rings. The molecule has 206 valence electrons. The zero-order chi connectivity index (χ0) is 26.5. The van der Waals surface area contributed by atoms with E-state index in [4.69, 9.17) is 19.7 Å². The Balaban J connectivity index is 0.000000535. The molecule has 4 N–H and O–H groups in total. The number of nitrogens with two attached hydrogens (primary N) is 1. The first-order chi connectivity index (χ1) is 15.7. The van der Waals surface area contributed by atoms with Crippen molar-refractivity contribution in [1.82, 2.24) is 8.61 Å². The van der Waals surface area contributed by atoms with E-state index in [0.29, 0.717) is 11.5 Å².